The predicted octanol–water partition coefficient (Wildman–Crippen LogP) is 8.54. The highest BCUT2D eigenvalue weighted by atomic mass is 16.7. The fourth-order valence-electron chi connectivity index (χ4n) is 6.10. The van der Waals surface area contributed by atoms with Crippen molar-refractivity contribution in [2.75, 3.05) is 0 Å². The van der Waals surface area contributed by atoms with Crippen molar-refractivity contribution in [2.45, 2.75) is 138 Å². The molecule has 0 saturated carbocycles. The van der Waals surface area contributed by atoms with Gasteiger partial charge in [0.25, 0.3) is 0 Å². The number of ether oxygens (including phenoxy) is 2. The molecular formula is C46H66O7. The van der Waals surface area contributed by atoms with Crippen molar-refractivity contribution < 1.29 is 35.0 Å². The molecule has 1 heterocycles. The molecule has 0 aromatic rings. The van der Waals surface area contributed by atoms with E-state index in [0.717, 1.165) is 35.1 Å². The van der Waals surface area contributed by atoms with Gasteiger partial charge in [-0.15, -0.1) is 0 Å². The molecule has 7 atom stereocenters. The quantitative estimate of drug-likeness (QED) is 0.107. The lowest BCUT2D eigenvalue weighted by Crippen LogP contribution is -2.58. The highest BCUT2D eigenvalue weighted by Gasteiger charge is 2.44. The number of allylic oxidation sites excluding steroid dienone is 22. The highest BCUT2D eigenvalue weighted by Crippen LogP contribution is 2.41. The van der Waals surface area contributed by atoms with E-state index in [4.69, 9.17) is 9.47 Å². The Hall–Kier alpha value is -3.40. The summed E-state index contributed by atoms with van der Waals surface area (Å²) in [5.41, 5.74) is 6.72. The largest absolute Gasteiger partial charge is 0.393 e. The van der Waals surface area contributed by atoms with Crippen LogP contribution in [0, 0.1) is 5.41 Å². The van der Waals surface area contributed by atoms with Crippen LogP contribution < -0.4 is 0 Å². The molecule has 5 N–H and O–H groups in total. The second-order valence-corrected chi connectivity index (χ2v) is 15.7. The van der Waals surface area contributed by atoms with Crippen molar-refractivity contribution in [3.8, 4) is 0 Å². The first-order chi connectivity index (χ1) is 24.7. The first-order valence-electron chi connectivity index (χ1n) is 18.6. The van der Waals surface area contributed by atoms with Crippen LogP contribution in [0.2, 0.25) is 0 Å². The Morgan fingerprint density at radius 2 is 1.17 bits per heavy atom. The molecular weight excluding hydrogens is 664 g/mol. The Morgan fingerprint density at radius 1 is 0.717 bits per heavy atom. The summed E-state index contributed by atoms with van der Waals surface area (Å²) in [5.74, 6) is 0. The second kappa shape index (κ2) is 21.5. The van der Waals surface area contributed by atoms with Gasteiger partial charge >= 0.3 is 0 Å². The third-order valence-electron chi connectivity index (χ3n) is 9.29. The zero-order valence-electron chi connectivity index (χ0n) is 33.8. The summed E-state index contributed by atoms with van der Waals surface area (Å²) in [4.78, 5) is 0. The van der Waals surface area contributed by atoms with Crippen LogP contribution in [0.15, 0.2) is 142 Å². The summed E-state index contributed by atoms with van der Waals surface area (Å²) >= 11 is 0. The van der Waals surface area contributed by atoms with E-state index in [9.17, 15) is 25.5 Å². The molecule has 0 bridgehead atoms. The molecule has 1 fully saturated rings. The summed E-state index contributed by atoms with van der Waals surface area (Å²) in [5, 5.41) is 51.2. The maximum absolute atomic E-state index is 10.7. The molecule has 0 spiro atoms. The summed E-state index contributed by atoms with van der Waals surface area (Å²) < 4.78 is 11.4. The van der Waals surface area contributed by atoms with Gasteiger partial charge in [0, 0.05) is 0 Å². The fraction of sp³-hybridized carbons (Fsp3) is 0.478. The van der Waals surface area contributed by atoms with Gasteiger partial charge in [0.05, 0.1) is 17.8 Å². The van der Waals surface area contributed by atoms with Crippen LogP contribution in [-0.2, 0) is 9.47 Å². The first kappa shape index (κ1) is 45.8. The molecule has 0 amide bonds. The fourth-order valence-corrected chi connectivity index (χ4v) is 6.10. The number of hydrogen-bond donors (Lipinski definition) is 5. The molecule has 53 heavy (non-hydrogen) atoms. The van der Waals surface area contributed by atoms with Gasteiger partial charge in [0.15, 0.2) is 6.29 Å². The molecule has 1 aliphatic carbocycles. The monoisotopic (exact) mass is 730 g/mol. The summed E-state index contributed by atoms with van der Waals surface area (Å²) in [6.07, 6.45) is 28.8. The van der Waals surface area contributed by atoms with Crippen molar-refractivity contribution in [3.05, 3.63) is 142 Å². The molecule has 2 aliphatic rings. The topological polar surface area (TPSA) is 120 Å². The zero-order chi connectivity index (χ0) is 39.9. The van der Waals surface area contributed by atoms with E-state index >= 15 is 0 Å². The lowest BCUT2D eigenvalue weighted by atomic mass is 9.71. The Kier molecular flexibility index (Phi) is 18.5. The number of aliphatic hydroxyl groups is 5. The smallest absolute Gasteiger partial charge is 0.187 e. The Bertz CT molecular complexity index is 1580. The van der Waals surface area contributed by atoms with Gasteiger partial charge in [0.2, 0.25) is 0 Å². The third-order valence-corrected chi connectivity index (χ3v) is 9.29. The molecule has 7 nitrogen and oxygen atoms in total. The van der Waals surface area contributed by atoms with Gasteiger partial charge in [-0.2, -0.15) is 0 Å². The minimum Gasteiger partial charge on any atom is -0.393 e. The minimum absolute atomic E-state index is 0.0186. The van der Waals surface area contributed by atoms with Gasteiger partial charge < -0.3 is 35.0 Å². The van der Waals surface area contributed by atoms with Crippen LogP contribution in [0.1, 0.15) is 89.0 Å². The van der Waals surface area contributed by atoms with Crippen molar-refractivity contribution in [1.82, 2.24) is 0 Å². The second-order valence-electron chi connectivity index (χ2n) is 15.7. The van der Waals surface area contributed by atoms with Crippen LogP contribution in [0.4, 0.5) is 0 Å². The number of aliphatic hydroxyl groups excluding tert-OH is 4. The normalized spacial score (nSPS) is 28.3. The van der Waals surface area contributed by atoms with E-state index in [1.165, 1.54) is 16.7 Å². The summed E-state index contributed by atoms with van der Waals surface area (Å²) in [6, 6.07) is 0. The molecule has 1 saturated heterocycles. The van der Waals surface area contributed by atoms with Crippen molar-refractivity contribution in [3.63, 3.8) is 0 Å². The average Bonchev–Trinajstić information content (AvgIpc) is 3.04. The Labute approximate surface area is 319 Å². The maximum Gasteiger partial charge on any atom is 0.187 e. The van der Waals surface area contributed by atoms with E-state index in [0.29, 0.717) is 0 Å². The van der Waals surface area contributed by atoms with E-state index in [2.05, 4.69) is 90.2 Å². The number of hydrogen-bond acceptors (Lipinski definition) is 7. The molecule has 0 unspecified atom stereocenters. The standard InChI is InChI=1S/C46H66O7/c1-31(17-12-13-18-32(2)20-15-23-34(4)25-27-39-36(6)29-38(47)30-45(39,8)9)19-14-21-33(3)22-16-24-35(5)26-28-40(46(10,11)51)53-44-43(50)42(49)41(48)37(7)52-44/h12-28,37-38,40-44,47-51H,29-30H2,1-11H3/b13-12+,19-14+,20-15+,22-16+,27-25+,28-26+,31-17+,32-18+,33-21+,34-23+,35-24+/t37-,38+,40-,41-,42+,43+,44-/m0/s1. The lowest BCUT2D eigenvalue weighted by molar-refractivity contribution is -0.309. The van der Waals surface area contributed by atoms with Crippen LogP contribution in [0.3, 0.4) is 0 Å². The molecule has 0 aromatic carbocycles. The van der Waals surface area contributed by atoms with Gasteiger partial charge in [-0.25, -0.2) is 0 Å². The third kappa shape index (κ3) is 16.2. The van der Waals surface area contributed by atoms with Crippen molar-refractivity contribution >= 4 is 0 Å². The zero-order valence-corrected chi connectivity index (χ0v) is 33.8. The maximum atomic E-state index is 10.7. The summed E-state index contributed by atoms with van der Waals surface area (Å²) in [6.45, 7) is 21.5. The first-order valence-corrected chi connectivity index (χ1v) is 18.6. The van der Waals surface area contributed by atoms with Gasteiger partial charge in [-0.05, 0) is 86.1 Å². The molecule has 0 aromatic heterocycles. The SMILES string of the molecule is CC1=C(/C=C/C(C)=C/C=C/C(C)=C/C=C/C=C(C)/C=C/C=C(C)/C=C/C=C(C)/C=C/[C@H](O[C@@H]2O[C@@H](C)[C@H](O)[C@@H](O)[C@H]2O)C(C)(C)O)C(C)(C)C[C@H](O)C1. The highest BCUT2D eigenvalue weighted by molar-refractivity contribution is 5.38. The predicted molar refractivity (Wildman–Crippen MR) is 219 cm³/mol. The molecule has 1 aliphatic heterocycles. The van der Waals surface area contributed by atoms with E-state index in [-0.39, 0.29) is 11.5 Å². The van der Waals surface area contributed by atoms with Gasteiger partial charge in [-0.3, -0.25) is 0 Å². The molecule has 7 heteroatoms. The average molecular weight is 731 g/mol. The van der Waals surface area contributed by atoms with Crippen LogP contribution in [0.5, 0.6) is 0 Å². The van der Waals surface area contributed by atoms with E-state index in [1.54, 1.807) is 26.8 Å². The summed E-state index contributed by atoms with van der Waals surface area (Å²) in [7, 11) is 0. The van der Waals surface area contributed by atoms with Crippen LogP contribution in [0.25, 0.3) is 0 Å². The lowest BCUT2D eigenvalue weighted by Gasteiger charge is -2.41. The van der Waals surface area contributed by atoms with Crippen molar-refractivity contribution in [1.29, 1.82) is 0 Å². The van der Waals surface area contributed by atoms with E-state index < -0.39 is 42.4 Å². The van der Waals surface area contributed by atoms with Crippen molar-refractivity contribution in [2.24, 2.45) is 5.41 Å². The van der Waals surface area contributed by atoms with Gasteiger partial charge in [0.1, 0.15) is 24.4 Å². The minimum atomic E-state index is -1.45. The van der Waals surface area contributed by atoms with E-state index in [1.807, 2.05) is 62.5 Å². The Morgan fingerprint density at radius 3 is 1.64 bits per heavy atom. The Balaban J connectivity index is 1.90. The number of rotatable bonds is 15. The van der Waals surface area contributed by atoms with Gasteiger partial charge in [-0.1, -0.05) is 151 Å². The molecule has 292 valence electrons. The van der Waals surface area contributed by atoms with Crippen LogP contribution in [-0.4, -0.2) is 74.0 Å². The molecule has 0 radical (unpaired) electrons. The van der Waals surface area contributed by atoms with Crippen LogP contribution >= 0.6 is 0 Å². The molecule has 2 rings (SSSR count).